The van der Waals surface area contributed by atoms with Crippen molar-refractivity contribution in [3.63, 3.8) is 0 Å². The number of phenols is 1. The van der Waals surface area contributed by atoms with Crippen LogP contribution in [0.1, 0.15) is 17.2 Å². The van der Waals surface area contributed by atoms with E-state index in [4.69, 9.17) is 16.3 Å². The monoisotopic (exact) mass is 471 g/mol. The molecule has 1 aliphatic rings. The van der Waals surface area contributed by atoms with E-state index in [1.165, 1.54) is 49.6 Å². The molecule has 1 fully saturated rings. The van der Waals surface area contributed by atoms with Crippen LogP contribution in [0.5, 0.6) is 11.5 Å². The van der Waals surface area contributed by atoms with Crippen molar-refractivity contribution in [2.75, 3.05) is 12.0 Å². The smallest absolute Gasteiger partial charge is 0.300 e. The van der Waals surface area contributed by atoms with E-state index in [9.17, 15) is 28.6 Å². The number of aliphatic hydroxyl groups excluding tert-OH is 1. The molecule has 1 saturated heterocycles. The Bertz CT molecular complexity index is 1320. The Hall–Kier alpha value is -3.91. The number of hydrogen-bond donors (Lipinski definition) is 2. The fourth-order valence-corrected chi connectivity index (χ4v) is 3.93. The molecule has 1 atom stereocenters. The first-order valence-electron chi connectivity index (χ1n) is 9.61. The number of methoxy groups -OCH3 is 1. The topological polar surface area (TPSA) is 87.1 Å². The first-order chi connectivity index (χ1) is 15.7. The summed E-state index contributed by atoms with van der Waals surface area (Å²) < 4.78 is 33.3. The number of aromatic hydroxyl groups is 1. The molecular formula is C24H16ClF2NO5. The lowest BCUT2D eigenvalue weighted by Crippen LogP contribution is -2.30. The third-order valence-corrected chi connectivity index (χ3v) is 5.54. The third-order valence-electron chi connectivity index (χ3n) is 5.22. The Morgan fingerprint density at radius 3 is 2.48 bits per heavy atom. The predicted molar refractivity (Wildman–Crippen MR) is 117 cm³/mol. The highest BCUT2D eigenvalue weighted by Crippen LogP contribution is 2.44. The van der Waals surface area contributed by atoms with Gasteiger partial charge in [-0.15, -0.1) is 0 Å². The molecule has 6 nitrogen and oxygen atoms in total. The predicted octanol–water partition coefficient (Wildman–Crippen LogP) is 4.96. The second-order valence-electron chi connectivity index (χ2n) is 7.21. The molecule has 1 aliphatic heterocycles. The zero-order valence-electron chi connectivity index (χ0n) is 17.1. The summed E-state index contributed by atoms with van der Waals surface area (Å²) in [5.41, 5.74) is -0.363. The average Bonchev–Trinajstić information content (AvgIpc) is 3.04. The SMILES string of the molecule is COc1cc(/C(O)=C2\C(=O)C(=O)N(c3ccc(F)cc3F)C2c2cccc(O)c2)ccc1Cl. The third kappa shape index (κ3) is 3.89. The van der Waals surface area contributed by atoms with Gasteiger partial charge in [-0.1, -0.05) is 23.7 Å². The van der Waals surface area contributed by atoms with Crippen LogP contribution in [0.3, 0.4) is 0 Å². The number of ketones is 1. The molecule has 0 saturated carbocycles. The maximum atomic E-state index is 14.7. The summed E-state index contributed by atoms with van der Waals surface area (Å²) in [6, 6.07) is 11.1. The minimum Gasteiger partial charge on any atom is -0.508 e. The quantitative estimate of drug-likeness (QED) is 0.319. The highest BCUT2D eigenvalue weighted by Gasteiger charge is 2.47. The number of nitrogens with zero attached hydrogens (tertiary/aromatic N) is 1. The number of aliphatic hydroxyl groups is 1. The summed E-state index contributed by atoms with van der Waals surface area (Å²) in [6.07, 6.45) is 0. The summed E-state index contributed by atoms with van der Waals surface area (Å²) in [5, 5.41) is 21.3. The van der Waals surface area contributed by atoms with Crippen LogP contribution < -0.4 is 9.64 Å². The van der Waals surface area contributed by atoms with Crippen molar-refractivity contribution in [1.29, 1.82) is 0 Å². The number of hydrogen-bond acceptors (Lipinski definition) is 5. The number of benzene rings is 3. The van der Waals surface area contributed by atoms with E-state index in [1.54, 1.807) is 0 Å². The Kier molecular flexibility index (Phi) is 5.78. The molecule has 0 bridgehead atoms. The lowest BCUT2D eigenvalue weighted by molar-refractivity contribution is -0.132. The van der Waals surface area contributed by atoms with Crippen LogP contribution in [0, 0.1) is 11.6 Å². The molecule has 9 heteroatoms. The zero-order chi connectivity index (χ0) is 23.9. The van der Waals surface area contributed by atoms with E-state index in [-0.39, 0.29) is 38.9 Å². The van der Waals surface area contributed by atoms with Gasteiger partial charge < -0.3 is 14.9 Å². The molecule has 1 unspecified atom stereocenters. The van der Waals surface area contributed by atoms with Crippen LogP contribution in [0.25, 0.3) is 5.76 Å². The summed E-state index contributed by atoms with van der Waals surface area (Å²) >= 11 is 6.04. The number of rotatable bonds is 4. The first-order valence-corrected chi connectivity index (χ1v) is 9.99. The standard InChI is InChI=1S/C24H16ClF2NO5/c1-33-19-10-13(5-7-16(19)25)22(30)20-21(12-3-2-4-15(29)9-12)28(24(32)23(20)31)18-8-6-14(26)11-17(18)27/h2-11,21,29-30H,1H3/b22-20+. The number of carbonyl (C=O) groups is 2. The molecule has 3 aromatic rings. The van der Waals surface area contributed by atoms with E-state index >= 15 is 0 Å². The van der Waals surface area contributed by atoms with Crippen molar-refractivity contribution >= 4 is 34.7 Å². The van der Waals surface area contributed by atoms with E-state index in [0.717, 1.165) is 17.0 Å². The van der Waals surface area contributed by atoms with Gasteiger partial charge in [0.1, 0.15) is 28.9 Å². The fraction of sp³-hybridized carbons (Fsp3) is 0.0833. The van der Waals surface area contributed by atoms with Gasteiger partial charge >= 0.3 is 0 Å². The van der Waals surface area contributed by atoms with Gasteiger partial charge in [0.25, 0.3) is 11.7 Å². The number of phenolic OH excluding ortho intramolecular Hbond substituents is 1. The number of anilines is 1. The van der Waals surface area contributed by atoms with Gasteiger partial charge in [-0.25, -0.2) is 8.78 Å². The number of halogens is 3. The molecule has 0 radical (unpaired) electrons. The van der Waals surface area contributed by atoms with Gasteiger partial charge in [-0.2, -0.15) is 0 Å². The van der Waals surface area contributed by atoms with Gasteiger partial charge in [0.05, 0.1) is 29.4 Å². The van der Waals surface area contributed by atoms with Gasteiger partial charge in [-0.05, 0) is 48.0 Å². The minimum atomic E-state index is -1.31. The zero-order valence-corrected chi connectivity index (χ0v) is 17.8. The van der Waals surface area contributed by atoms with E-state index in [1.807, 2.05) is 0 Å². The number of amides is 1. The fourth-order valence-electron chi connectivity index (χ4n) is 3.73. The summed E-state index contributed by atoms with van der Waals surface area (Å²) in [5.74, 6) is -4.67. The average molecular weight is 472 g/mol. The Morgan fingerprint density at radius 2 is 1.82 bits per heavy atom. The molecule has 1 heterocycles. The number of ether oxygens (including phenoxy) is 1. The molecule has 0 spiro atoms. The lowest BCUT2D eigenvalue weighted by atomic mass is 9.95. The lowest BCUT2D eigenvalue weighted by Gasteiger charge is -2.26. The second kappa shape index (κ2) is 8.55. The van der Waals surface area contributed by atoms with Crippen molar-refractivity contribution in [2.45, 2.75) is 6.04 Å². The van der Waals surface area contributed by atoms with Crippen molar-refractivity contribution < 1.29 is 33.3 Å². The van der Waals surface area contributed by atoms with Crippen LogP contribution in [0.15, 0.2) is 66.2 Å². The van der Waals surface area contributed by atoms with Gasteiger partial charge in [0.15, 0.2) is 0 Å². The van der Waals surface area contributed by atoms with E-state index in [2.05, 4.69) is 0 Å². The van der Waals surface area contributed by atoms with Crippen LogP contribution in [-0.2, 0) is 9.59 Å². The summed E-state index contributed by atoms with van der Waals surface area (Å²) in [4.78, 5) is 26.9. The Morgan fingerprint density at radius 1 is 1.06 bits per heavy atom. The second-order valence-corrected chi connectivity index (χ2v) is 7.62. The van der Waals surface area contributed by atoms with Gasteiger partial charge in [0, 0.05) is 11.6 Å². The summed E-state index contributed by atoms with van der Waals surface area (Å²) in [6.45, 7) is 0. The minimum absolute atomic E-state index is 0.124. The van der Waals surface area contributed by atoms with Crippen molar-refractivity contribution in [3.8, 4) is 11.5 Å². The maximum Gasteiger partial charge on any atom is 0.300 e. The molecule has 2 N–H and O–H groups in total. The molecule has 4 rings (SSSR count). The molecule has 168 valence electrons. The molecule has 0 aromatic heterocycles. The van der Waals surface area contributed by atoms with E-state index in [0.29, 0.717) is 6.07 Å². The maximum absolute atomic E-state index is 14.7. The van der Waals surface area contributed by atoms with Crippen LogP contribution in [-0.4, -0.2) is 29.0 Å². The largest absolute Gasteiger partial charge is 0.508 e. The highest BCUT2D eigenvalue weighted by molar-refractivity contribution is 6.51. The number of Topliss-reactive ketones (excluding diaryl/α,β-unsaturated/α-hetero) is 1. The summed E-state index contributed by atoms with van der Waals surface area (Å²) in [7, 11) is 1.37. The van der Waals surface area contributed by atoms with E-state index < -0.39 is 35.1 Å². The highest BCUT2D eigenvalue weighted by atomic mass is 35.5. The van der Waals surface area contributed by atoms with Gasteiger partial charge in [-0.3, -0.25) is 14.5 Å². The van der Waals surface area contributed by atoms with Crippen LogP contribution in [0.2, 0.25) is 5.02 Å². The molecular weight excluding hydrogens is 456 g/mol. The molecule has 3 aromatic carbocycles. The molecule has 0 aliphatic carbocycles. The van der Waals surface area contributed by atoms with Crippen molar-refractivity contribution in [2.24, 2.45) is 0 Å². The van der Waals surface area contributed by atoms with Gasteiger partial charge in [0.2, 0.25) is 0 Å². The van der Waals surface area contributed by atoms with Crippen molar-refractivity contribution in [3.05, 3.63) is 94.0 Å². The molecule has 1 amide bonds. The molecule has 33 heavy (non-hydrogen) atoms. The van der Waals surface area contributed by atoms with Crippen LogP contribution >= 0.6 is 11.6 Å². The Balaban J connectivity index is 1.98. The number of carbonyl (C=O) groups excluding carboxylic acids is 2. The Labute approximate surface area is 191 Å². The first kappa shape index (κ1) is 22.3. The van der Waals surface area contributed by atoms with Crippen LogP contribution in [0.4, 0.5) is 14.5 Å². The normalized spacial score (nSPS) is 17.5. The van der Waals surface area contributed by atoms with Crippen molar-refractivity contribution in [1.82, 2.24) is 0 Å².